The van der Waals surface area contributed by atoms with Crippen molar-refractivity contribution in [2.45, 2.75) is 19.8 Å². The lowest BCUT2D eigenvalue weighted by molar-refractivity contribution is 0.772. The Labute approximate surface area is 136 Å². The number of aryl methyl sites for hydroxylation is 1. The van der Waals surface area contributed by atoms with Gasteiger partial charge >= 0.3 is 0 Å². The Bertz CT molecular complexity index is 769. The summed E-state index contributed by atoms with van der Waals surface area (Å²) in [6, 6.07) is 3.97. The third kappa shape index (κ3) is 3.60. The van der Waals surface area contributed by atoms with Gasteiger partial charge in [0.25, 0.3) is 0 Å². The van der Waals surface area contributed by atoms with Crippen molar-refractivity contribution in [1.29, 1.82) is 0 Å². The lowest BCUT2D eigenvalue weighted by Crippen LogP contribution is -2.13. The molecule has 0 saturated heterocycles. The Morgan fingerprint density at radius 2 is 2.26 bits per heavy atom. The minimum Gasteiger partial charge on any atom is -0.384 e. The van der Waals surface area contributed by atoms with Gasteiger partial charge in [0, 0.05) is 24.9 Å². The van der Waals surface area contributed by atoms with Gasteiger partial charge in [0.15, 0.2) is 0 Å². The number of aromatic amines is 1. The highest BCUT2D eigenvalue weighted by Crippen LogP contribution is 2.24. The van der Waals surface area contributed by atoms with Crippen molar-refractivity contribution >= 4 is 16.9 Å². The van der Waals surface area contributed by atoms with Gasteiger partial charge in [-0.15, -0.1) is 0 Å². The molecule has 6 N–H and O–H groups in total. The molecule has 0 aliphatic rings. The first kappa shape index (κ1) is 16.8. The average Bonchev–Trinajstić information content (AvgIpc) is 2.98. The Kier molecular flexibility index (Phi) is 5.18. The Balaban J connectivity index is 2.34. The molecular formula is C17H24N6. The van der Waals surface area contributed by atoms with Gasteiger partial charge in [-0.3, -0.25) is 4.99 Å². The molecule has 0 aliphatic heterocycles. The number of aromatic nitrogens is 2. The van der Waals surface area contributed by atoms with Crippen LogP contribution < -0.4 is 16.8 Å². The van der Waals surface area contributed by atoms with E-state index in [4.69, 9.17) is 16.5 Å². The highest BCUT2D eigenvalue weighted by molar-refractivity contribution is 6.00. The van der Waals surface area contributed by atoms with Crippen molar-refractivity contribution in [3.05, 3.63) is 53.6 Å². The van der Waals surface area contributed by atoms with E-state index in [2.05, 4.69) is 21.9 Å². The first-order chi connectivity index (χ1) is 11.0. The third-order valence-electron chi connectivity index (χ3n) is 3.79. The SMILES string of the molecule is C=C(N/C=C\CN)C(C)c1nc2c(C)cc(C(N)=NC)cc2[nH]1. The number of benzene rings is 1. The van der Waals surface area contributed by atoms with Crippen molar-refractivity contribution in [3.8, 4) is 0 Å². The molecule has 2 rings (SSSR count). The molecular weight excluding hydrogens is 288 g/mol. The monoisotopic (exact) mass is 312 g/mol. The Hall–Kier alpha value is -2.60. The highest BCUT2D eigenvalue weighted by atomic mass is 15.0. The van der Waals surface area contributed by atoms with Crippen LogP contribution in [0.5, 0.6) is 0 Å². The van der Waals surface area contributed by atoms with Gasteiger partial charge in [-0.25, -0.2) is 4.98 Å². The van der Waals surface area contributed by atoms with E-state index in [0.717, 1.165) is 33.7 Å². The van der Waals surface area contributed by atoms with Crippen LogP contribution in [0.4, 0.5) is 0 Å². The topological polar surface area (TPSA) is 105 Å². The zero-order valence-corrected chi connectivity index (χ0v) is 13.9. The predicted molar refractivity (Wildman–Crippen MR) is 96.4 cm³/mol. The molecule has 0 bridgehead atoms. The molecule has 1 aromatic heterocycles. The van der Waals surface area contributed by atoms with Crippen LogP contribution in [-0.4, -0.2) is 29.4 Å². The molecule has 122 valence electrons. The lowest BCUT2D eigenvalue weighted by Gasteiger charge is -2.11. The Morgan fingerprint density at radius 3 is 2.91 bits per heavy atom. The summed E-state index contributed by atoms with van der Waals surface area (Å²) in [6.07, 6.45) is 3.63. The third-order valence-corrected chi connectivity index (χ3v) is 3.79. The minimum atomic E-state index is 0.0323. The number of fused-ring (bicyclic) bond motifs is 1. The number of allylic oxidation sites excluding steroid dienone is 1. The van der Waals surface area contributed by atoms with Crippen LogP contribution in [0.1, 0.15) is 29.8 Å². The number of nitrogens with one attached hydrogen (secondary N) is 2. The zero-order chi connectivity index (χ0) is 17.0. The van der Waals surface area contributed by atoms with E-state index in [9.17, 15) is 0 Å². The van der Waals surface area contributed by atoms with Crippen molar-refractivity contribution in [3.63, 3.8) is 0 Å². The van der Waals surface area contributed by atoms with Crippen molar-refractivity contribution in [2.75, 3.05) is 13.6 Å². The summed E-state index contributed by atoms with van der Waals surface area (Å²) >= 11 is 0. The van der Waals surface area contributed by atoms with Gasteiger partial charge in [-0.05, 0) is 37.7 Å². The summed E-state index contributed by atoms with van der Waals surface area (Å²) < 4.78 is 0. The van der Waals surface area contributed by atoms with Gasteiger partial charge in [-0.1, -0.05) is 12.7 Å². The quantitative estimate of drug-likeness (QED) is 0.483. The van der Waals surface area contributed by atoms with E-state index < -0.39 is 0 Å². The summed E-state index contributed by atoms with van der Waals surface area (Å²) in [6.45, 7) is 8.60. The molecule has 1 heterocycles. The zero-order valence-electron chi connectivity index (χ0n) is 13.9. The largest absolute Gasteiger partial charge is 0.384 e. The van der Waals surface area contributed by atoms with Gasteiger partial charge in [0.05, 0.1) is 17.0 Å². The highest BCUT2D eigenvalue weighted by Gasteiger charge is 2.15. The molecule has 2 aromatic rings. The van der Waals surface area contributed by atoms with Crippen LogP contribution >= 0.6 is 0 Å². The van der Waals surface area contributed by atoms with E-state index in [1.807, 2.05) is 32.1 Å². The summed E-state index contributed by atoms with van der Waals surface area (Å²) in [5.41, 5.74) is 16.0. The number of H-pyrrole nitrogens is 1. The van der Waals surface area contributed by atoms with E-state index >= 15 is 0 Å². The molecule has 0 aliphatic carbocycles. The fraction of sp³-hybridized carbons (Fsp3) is 0.294. The second kappa shape index (κ2) is 7.11. The second-order valence-electron chi connectivity index (χ2n) is 5.45. The number of hydrogen-bond donors (Lipinski definition) is 4. The number of imidazole rings is 1. The summed E-state index contributed by atoms with van der Waals surface area (Å²) in [5.74, 6) is 1.40. The standard InChI is InChI=1S/C17H24N6/c1-10-8-13(16(19)20-4)9-14-15(10)23-17(22-14)11(2)12(3)21-7-5-6-18/h5,7-9,11,21H,3,6,18H2,1-2,4H3,(H2,19,20)(H,22,23)/b7-5-. The molecule has 6 nitrogen and oxygen atoms in total. The summed E-state index contributed by atoms with van der Waals surface area (Å²) in [4.78, 5) is 12.1. The number of nitrogens with two attached hydrogens (primary N) is 2. The maximum absolute atomic E-state index is 5.91. The summed E-state index contributed by atoms with van der Waals surface area (Å²) in [5, 5.41) is 3.13. The minimum absolute atomic E-state index is 0.0323. The van der Waals surface area contributed by atoms with E-state index in [-0.39, 0.29) is 5.92 Å². The first-order valence-electron chi connectivity index (χ1n) is 7.51. The van der Waals surface area contributed by atoms with Crippen molar-refractivity contribution in [1.82, 2.24) is 15.3 Å². The van der Waals surface area contributed by atoms with Gasteiger partial charge in [0.1, 0.15) is 11.7 Å². The molecule has 23 heavy (non-hydrogen) atoms. The smallest absolute Gasteiger partial charge is 0.125 e. The van der Waals surface area contributed by atoms with Crippen LogP contribution in [-0.2, 0) is 0 Å². The van der Waals surface area contributed by atoms with Crippen LogP contribution in [0, 0.1) is 6.92 Å². The maximum Gasteiger partial charge on any atom is 0.125 e. The molecule has 0 saturated carbocycles. The Morgan fingerprint density at radius 1 is 1.52 bits per heavy atom. The number of amidine groups is 1. The predicted octanol–water partition coefficient (Wildman–Crippen LogP) is 1.89. The van der Waals surface area contributed by atoms with Crippen molar-refractivity contribution < 1.29 is 0 Å². The van der Waals surface area contributed by atoms with E-state index in [1.165, 1.54) is 0 Å². The molecule has 0 amide bonds. The van der Waals surface area contributed by atoms with Gasteiger partial charge in [-0.2, -0.15) is 0 Å². The fourth-order valence-corrected chi connectivity index (χ4v) is 2.32. The molecule has 1 aromatic carbocycles. The number of aliphatic imine (C=N–C) groups is 1. The summed E-state index contributed by atoms with van der Waals surface area (Å²) in [7, 11) is 1.68. The average molecular weight is 312 g/mol. The molecule has 6 heteroatoms. The fourth-order valence-electron chi connectivity index (χ4n) is 2.32. The molecule has 0 radical (unpaired) electrons. The number of hydrogen-bond acceptors (Lipinski definition) is 4. The van der Waals surface area contributed by atoms with Crippen LogP contribution in [0.25, 0.3) is 11.0 Å². The maximum atomic E-state index is 5.91. The molecule has 1 unspecified atom stereocenters. The van der Waals surface area contributed by atoms with Crippen LogP contribution in [0.3, 0.4) is 0 Å². The number of nitrogens with zero attached hydrogens (tertiary/aromatic N) is 2. The second-order valence-corrected chi connectivity index (χ2v) is 5.45. The first-order valence-corrected chi connectivity index (χ1v) is 7.51. The van der Waals surface area contributed by atoms with E-state index in [1.54, 1.807) is 13.2 Å². The lowest BCUT2D eigenvalue weighted by atomic mass is 10.1. The van der Waals surface area contributed by atoms with Gasteiger partial charge < -0.3 is 21.8 Å². The normalized spacial score (nSPS) is 13.7. The number of rotatable bonds is 6. The van der Waals surface area contributed by atoms with E-state index in [0.29, 0.717) is 12.4 Å². The van der Waals surface area contributed by atoms with Crippen molar-refractivity contribution in [2.24, 2.45) is 16.5 Å². The molecule has 0 fully saturated rings. The molecule has 1 atom stereocenters. The van der Waals surface area contributed by atoms with Crippen LogP contribution in [0.15, 0.2) is 41.7 Å². The molecule has 0 spiro atoms. The van der Waals surface area contributed by atoms with Crippen LogP contribution in [0.2, 0.25) is 0 Å². The van der Waals surface area contributed by atoms with Gasteiger partial charge in [0.2, 0.25) is 0 Å².